The Bertz CT molecular complexity index is 1260. The fourth-order valence-electron chi connectivity index (χ4n) is 7.04. The van der Waals surface area contributed by atoms with E-state index in [1.54, 1.807) is 30.3 Å². The molecule has 0 bridgehead atoms. The van der Waals surface area contributed by atoms with Crippen LogP contribution in [0.15, 0.2) is 24.4 Å². The van der Waals surface area contributed by atoms with Gasteiger partial charge in [0.15, 0.2) is 5.82 Å². The molecule has 2 aromatic rings. The van der Waals surface area contributed by atoms with Crippen molar-refractivity contribution >= 4 is 35.0 Å². The van der Waals surface area contributed by atoms with Gasteiger partial charge in [-0.3, -0.25) is 9.59 Å². The van der Waals surface area contributed by atoms with Crippen LogP contribution in [0.3, 0.4) is 0 Å². The van der Waals surface area contributed by atoms with Crippen molar-refractivity contribution < 1.29 is 14.3 Å². The third-order valence-electron chi connectivity index (χ3n) is 9.32. The van der Waals surface area contributed by atoms with E-state index in [9.17, 15) is 9.59 Å². The Kier molecular flexibility index (Phi) is 7.53. The Morgan fingerprint density at radius 1 is 1.02 bits per heavy atom. The first-order chi connectivity index (χ1) is 19.4. The highest BCUT2D eigenvalue weighted by atomic mass is 16.5. The lowest BCUT2D eigenvalue weighted by Gasteiger charge is -2.36. The average Bonchev–Trinajstić information content (AvgIpc) is 3.66. The Morgan fingerprint density at radius 2 is 1.80 bits per heavy atom. The molecule has 6 rings (SSSR count). The molecule has 10 heteroatoms. The number of ether oxygens (including phenoxy) is 1. The lowest BCUT2D eigenvalue weighted by atomic mass is 9.99. The lowest BCUT2D eigenvalue weighted by molar-refractivity contribution is -0.122. The summed E-state index contributed by atoms with van der Waals surface area (Å²) in [5.41, 5.74) is 2.01. The van der Waals surface area contributed by atoms with Gasteiger partial charge in [-0.15, -0.1) is 0 Å². The first-order valence-electron chi connectivity index (χ1n) is 14.8. The molecule has 1 aromatic heterocycles. The number of rotatable bonds is 6. The normalized spacial score (nSPS) is 24.0. The van der Waals surface area contributed by atoms with Crippen LogP contribution < -0.4 is 25.2 Å². The third-order valence-corrected chi connectivity index (χ3v) is 9.32. The SMILES string of the molecule is COc1cc(C(=O)NC2CCN(C)CC2)ccc1Nc1ncc2c(n1)N(C1CCCC1)[C@@H]1CCC[C@@H]1C(=O)N2C. The molecule has 3 fully saturated rings. The number of hydrogen-bond donors (Lipinski definition) is 2. The van der Waals surface area contributed by atoms with Crippen LogP contribution in [0.5, 0.6) is 5.75 Å². The van der Waals surface area contributed by atoms with Gasteiger partial charge in [-0.1, -0.05) is 19.3 Å². The summed E-state index contributed by atoms with van der Waals surface area (Å²) in [5, 5.41) is 6.50. The molecule has 1 aromatic carbocycles. The minimum atomic E-state index is -0.0910. The molecule has 214 valence electrons. The van der Waals surface area contributed by atoms with E-state index in [0.29, 0.717) is 29.0 Å². The smallest absolute Gasteiger partial charge is 0.251 e. The number of amides is 2. The van der Waals surface area contributed by atoms with E-state index in [4.69, 9.17) is 9.72 Å². The van der Waals surface area contributed by atoms with E-state index in [0.717, 1.165) is 69.5 Å². The average molecular weight is 548 g/mol. The maximum Gasteiger partial charge on any atom is 0.251 e. The monoisotopic (exact) mass is 547 g/mol. The van der Waals surface area contributed by atoms with Crippen molar-refractivity contribution in [2.24, 2.45) is 5.92 Å². The highest BCUT2D eigenvalue weighted by Gasteiger charge is 2.46. The summed E-state index contributed by atoms with van der Waals surface area (Å²) in [7, 11) is 5.56. The van der Waals surface area contributed by atoms with Crippen LogP contribution in [0.1, 0.15) is 68.1 Å². The van der Waals surface area contributed by atoms with Gasteiger partial charge in [0.05, 0.1) is 24.9 Å². The molecule has 10 nitrogen and oxygen atoms in total. The number of hydrogen-bond acceptors (Lipinski definition) is 8. The molecule has 2 atom stereocenters. The third kappa shape index (κ3) is 5.09. The predicted molar refractivity (Wildman–Crippen MR) is 156 cm³/mol. The van der Waals surface area contributed by atoms with Gasteiger partial charge in [-0.25, -0.2) is 4.98 Å². The first kappa shape index (κ1) is 26.8. The largest absolute Gasteiger partial charge is 0.495 e. The molecule has 0 radical (unpaired) electrons. The highest BCUT2D eigenvalue weighted by Crippen LogP contribution is 2.45. The summed E-state index contributed by atoms with van der Waals surface area (Å²) in [6.45, 7) is 1.98. The highest BCUT2D eigenvalue weighted by molar-refractivity contribution is 6.00. The summed E-state index contributed by atoms with van der Waals surface area (Å²) < 4.78 is 5.67. The quantitative estimate of drug-likeness (QED) is 0.561. The van der Waals surface area contributed by atoms with Crippen molar-refractivity contribution in [3.63, 3.8) is 0 Å². The molecule has 4 aliphatic rings. The molecule has 0 unspecified atom stereocenters. The van der Waals surface area contributed by atoms with Gasteiger partial charge in [0.1, 0.15) is 11.4 Å². The van der Waals surface area contributed by atoms with Crippen molar-refractivity contribution in [2.45, 2.75) is 75.9 Å². The Labute approximate surface area is 236 Å². The zero-order chi connectivity index (χ0) is 27.8. The van der Waals surface area contributed by atoms with Crippen LogP contribution in [-0.2, 0) is 4.79 Å². The molecule has 2 aliphatic heterocycles. The van der Waals surface area contributed by atoms with Gasteiger partial charge in [0.25, 0.3) is 5.91 Å². The maximum absolute atomic E-state index is 13.4. The van der Waals surface area contributed by atoms with Crippen LogP contribution in [0.4, 0.5) is 23.1 Å². The van der Waals surface area contributed by atoms with E-state index in [-0.39, 0.29) is 29.8 Å². The number of anilines is 4. The molecule has 2 N–H and O–H groups in total. The summed E-state index contributed by atoms with van der Waals surface area (Å²) in [6, 6.07) is 6.17. The topological polar surface area (TPSA) is 103 Å². The van der Waals surface area contributed by atoms with Crippen molar-refractivity contribution in [1.82, 2.24) is 20.2 Å². The Hall–Kier alpha value is -3.40. The molecule has 40 heavy (non-hydrogen) atoms. The van der Waals surface area contributed by atoms with E-state index < -0.39 is 0 Å². The molecule has 1 saturated heterocycles. The molecule has 0 spiro atoms. The van der Waals surface area contributed by atoms with Gasteiger partial charge in [-0.05, 0) is 76.9 Å². The molecular formula is C30H41N7O3. The number of fused-ring (bicyclic) bond motifs is 2. The lowest BCUT2D eigenvalue weighted by Crippen LogP contribution is -2.46. The molecule has 2 amide bonds. The summed E-state index contributed by atoms with van der Waals surface area (Å²) in [4.78, 5) is 42.5. The number of benzene rings is 1. The van der Waals surface area contributed by atoms with Gasteiger partial charge >= 0.3 is 0 Å². The van der Waals surface area contributed by atoms with Gasteiger partial charge in [-0.2, -0.15) is 4.98 Å². The minimum Gasteiger partial charge on any atom is -0.495 e. The predicted octanol–water partition coefficient (Wildman–Crippen LogP) is 3.95. The summed E-state index contributed by atoms with van der Waals surface area (Å²) in [5.74, 6) is 1.91. The zero-order valence-electron chi connectivity index (χ0n) is 23.9. The van der Waals surface area contributed by atoms with Crippen LogP contribution >= 0.6 is 0 Å². The number of aromatic nitrogens is 2. The summed E-state index contributed by atoms with van der Waals surface area (Å²) in [6.07, 6.45) is 11.4. The fourth-order valence-corrected chi connectivity index (χ4v) is 7.04. The first-order valence-corrected chi connectivity index (χ1v) is 14.8. The number of methoxy groups -OCH3 is 1. The van der Waals surface area contributed by atoms with Crippen LogP contribution in [-0.4, -0.2) is 79.1 Å². The second-order valence-corrected chi connectivity index (χ2v) is 11.8. The van der Waals surface area contributed by atoms with Gasteiger partial charge in [0, 0.05) is 30.7 Å². The van der Waals surface area contributed by atoms with E-state index in [1.807, 2.05) is 13.1 Å². The van der Waals surface area contributed by atoms with Gasteiger partial charge < -0.3 is 30.1 Å². The number of likely N-dealkylation sites (tertiary alicyclic amines) is 1. The maximum atomic E-state index is 13.4. The van der Waals surface area contributed by atoms with E-state index >= 15 is 0 Å². The van der Waals surface area contributed by atoms with Crippen molar-refractivity contribution in [1.29, 1.82) is 0 Å². The summed E-state index contributed by atoms with van der Waals surface area (Å²) >= 11 is 0. The van der Waals surface area contributed by atoms with Crippen LogP contribution in [0.2, 0.25) is 0 Å². The molecule has 3 heterocycles. The Morgan fingerprint density at radius 3 is 2.55 bits per heavy atom. The zero-order valence-corrected chi connectivity index (χ0v) is 23.9. The number of nitrogens with zero attached hydrogens (tertiary/aromatic N) is 5. The van der Waals surface area contributed by atoms with E-state index in [1.165, 1.54) is 12.8 Å². The van der Waals surface area contributed by atoms with Crippen molar-refractivity contribution in [3.8, 4) is 5.75 Å². The number of piperidine rings is 1. The number of nitrogens with one attached hydrogen (secondary N) is 2. The molecule has 2 saturated carbocycles. The fraction of sp³-hybridized carbons (Fsp3) is 0.600. The van der Waals surface area contributed by atoms with E-state index in [2.05, 4.69) is 32.5 Å². The number of carbonyl (C=O) groups excluding carboxylic acids is 2. The van der Waals surface area contributed by atoms with Gasteiger partial charge in [0.2, 0.25) is 11.9 Å². The van der Waals surface area contributed by atoms with Crippen LogP contribution in [0.25, 0.3) is 0 Å². The van der Waals surface area contributed by atoms with Crippen molar-refractivity contribution in [2.75, 3.05) is 49.4 Å². The second kappa shape index (κ2) is 11.2. The standard InChI is InChI=1S/C30H41N7O3/c1-35-15-13-20(14-16-35)32-28(38)19-11-12-23(26(17-19)40-3)33-30-31-18-25-27(34-30)37(21-7-4-5-8-21)24-10-6-9-22(24)29(39)36(25)2/h11-12,17-18,20-22,24H,4-10,13-16H2,1-3H3,(H,32,38)(H,31,33,34)/t22-,24+/m0/s1. The Balaban J connectivity index is 1.26. The minimum absolute atomic E-state index is 0.00418. The second-order valence-electron chi connectivity index (χ2n) is 11.8. The molecule has 2 aliphatic carbocycles. The van der Waals surface area contributed by atoms with Crippen molar-refractivity contribution in [3.05, 3.63) is 30.0 Å². The van der Waals surface area contributed by atoms with Crippen LogP contribution in [0, 0.1) is 5.92 Å². The molecular weight excluding hydrogens is 506 g/mol. The number of carbonyl (C=O) groups is 2.